The van der Waals surface area contributed by atoms with Gasteiger partial charge in [0.15, 0.2) is 0 Å². The average Bonchev–Trinajstić information content (AvgIpc) is 3.01. The molecule has 1 heterocycles. The summed E-state index contributed by atoms with van der Waals surface area (Å²) in [6, 6.07) is 15.8. The van der Waals surface area contributed by atoms with Crippen LogP contribution in [0.1, 0.15) is 5.56 Å². The summed E-state index contributed by atoms with van der Waals surface area (Å²) in [4.78, 5) is 0. The Hall–Kier alpha value is -2.33. The summed E-state index contributed by atoms with van der Waals surface area (Å²) in [6.07, 6.45) is 3.47. The number of hydrogen-bond donors (Lipinski definition) is 1. The summed E-state index contributed by atoms with van der Waals surface area (Å²) < 4.78 is 1.73. The van der Waals surface area contributed by atoms with Gasteiger partial charge in [-0.25, -0.2) is 4.68 Å². The summed E-state index contributed by atoms with van der Waals surface area (Å²) in [7, 11) is 0. The minimum absolute atomic E-state index is 0.658. The Morgan fingerprint density at radius 2 is 1.85 bits per heavy atom. The van der Waals surface area contributed by atoms with Crippen LogP contribution in [-0.2, 0) is 6.54 Å². The predicted octanol–water partition coefficient (Wildman–Crippen LogP) is 3.53. The van der Waals surface area contributed by atoms with Crippen LogP contribution in [0.5, 0.6) is 0 Å². The number of para-hydroxylation sites is 2. The van der Waals surface area contributed by atoms with Crippen LogP contribution in [0.25, 0.3) is 5.69 Å². The first-order valence-electron chi connectivity index (χ1n) is 6.27. The number of benzene rings is 2. The summed E-state index contributed by atoms with van der Waals surface area (Å²) in [5, 5.41) is 12.0. The number of aromatic nitrogens is 3. The highest BCUT2D eigenvalue weighted by molar-refractivity contribution is 6.31. The predicted molar refractivity (Wildman–Crippen MR) is 80.1 cm³/mol. The Kier molecular flexibility index (Phi) is 3.65. The zero-order chi connectivity index (χ0) is 13.8. The van der Waals surface area contributed by atoms with Crippen molar-refractivity contribution in [3.63, 3.8) is 0 Å². The van der Waals surface area contributed by atoms with E-state index < -0.39 is 0 Å². The van der Waals surface area contributed by atoms with Gasteiger partial charge in [-0.3, -0.25) is 0 Å². The fourth-order valence-corrected chi connectivity index (χ4v) is 2.19. The molecule has 100 valence electrons. The lowest BCUT2D eigenvalue weighted by Crippen LogP contribution is -2.05. The Bertz CT molecular complexity index is 695. The average molecular weight is 285 g/mol. The number of rotatable bonds is 4. The molecule has 0 atom stereocenters. The van der Waals surface area contributed by atoms with Gasteiger partial charge in [-0.05, 0) is 23.8 Å². The highest BCUT2D eigenvalue weighted by Crippen LogP contribution is 2.21. The zero-order valence-electron chi connectivity index (χ0n) is 10.7. The summed E-state index contributed by atoms with van der Waals surface area (Å²) in [6.45, 7) is 0.658. The van der Waals surface area contributed by atoms with Crippen molar-refractivity contribution in [1.82, 2.24) is 15.0 Å². The normalized spacial score (nSPS) is 10.4. The van der Waals surface area contributed by atoms with Crippen LogP contribution in [0.2, 0.25) is 5.02 Å². The van der Waals surface area contributed by atoms with Crippen LogP contribution < -0.4 is 5.32 Å². The molecule has 0 saturated heterocycles. The van der Waals surface area contributed by atoms with Gasteiger partial charge in [-0.1, -0.05) is 47.1 Å². The van der Waals surface area contributed by atoms with E-state index in [4.69, 9.17) is 11.6 Å². The maximum Gasteiger partial charge on any atom is 0.0894 e. The van der Waals surface area contributed by atoms with E-state index in [1.54, 1.807) is 10.9 Å². The zero-order valence-corrected chi connectivity index (χ0v) is 11.5. The Labute approximate surface area is 122 Å². The van der Waals surface area contributed by atoms with E-state index in [9.17, 15) is 0 Å². The van der Waals surface area contributed by atoms with E-state index in [0.29, 0.717) is 6.54 Å². The van der Waals surface area contributed by atoms with Gasteiger partial charge in [-0.2, -0.15) is 0 Å². The fourth-order valence-electron chi connectivity index (χ4n) is 1.99. The van der Waals surface area contributed by atoms with Crippen molar-refractivity contribution in [3.05, 3.63) is 71.5 Å². The van der Waals surface area contributed by atoms with E-state index in [2.05, 4.69) is 15.6 Å². The lowest BCUT2D eigenvalue weighted by molar-refractivity contribution is 0.803. The molecular formula is C15H13ClN4. The third-order valence-electron chi connectivity index (χ3n) is 3.00. The second kappa shape index (κ2) is 5.75. The molecule has 20 heavy (non-hydrogen) atoms. The number of anilines is 1. The van der Waals surface area contributed by atoms with E-state index in [1.165, 1.54) is 0 Å². The van der Waals surface area contributed by atoms with Gasteiger partial charge in [0.2, 0.25) is 0 Å². The maximum atomic E-state index is 6.16. The van der Waals surface area contributed by atoms with Crippen LogP contribution >= 0.6 is 11.6 Å². The largest absolute Gasteiger partial charge is 0.379 e. The van der Waals surface area contributed by atoms with Gasteiger partial charge in [-0.15, -0.1) is 5.10 Å². The molecule has 1 aromatic heterocycles. The summed E-state index contributed by atoms with van der Waals surface area (Å²) in [5.74, 6) is 0. The second-order valence-corrected chi connectivity index (χ2v) is 4.72. The van der Waals surface area contributed by atoms with Crippen LogP contribution in [0, 0.1) is 0 Å². The fraction of sp³-hybridized carbons (Fsp3) is 0.0667. The number of halogens is 1. The van der Waals surface area contributed by atoms with Crippen LogP contribution in [0.4, 0.5) is 5.69 Å². The highest BCUT2D eigenvalue weighted by atomic mass is 35.5. The molecule has 0 spiro atoms. The van der Waals surface area contributed by atoms with Crippen LogP contribution in [0.15, 0.2) is 60.9 Å². The smallest absolute Gasteiger partial charge is 0.0894 e. The first-order chi connectivity index (χ1) is 9.84. The molecule has 0 radical (unpaired) electrons. The van der Waals surface area contributed by atoms with Crippen molar-refractivity contribution in [2.75, 3.05) is 5.32 Å². The van der Waals surface area contributed by atoms with E-state index in [-0.39, 0.29) is 0 Å². The van der Waals surface area contributed by atoms with Gasteiger partial charge in [0, 0.05) is 11.6 Å². The molecular weight excluding hydrogens is 272 g/mol. The topological polar surface area (TPSA) is 42.7 Å². The Morgan fingerprint density at radius 3 is 2.65 bits per heavy atom. The van der Waals surface area contributed by atoms with Crippen molar-refractivity contribution < 1.29 is 0 Å². The van der Waals surface area contributed by atoms with Gasteiger partial charge in [0.1, 0.15) is 0 Å². The van der Waals surface area contributed by atoms with E-state index in [1.807, 2.05) is 54.7 Å². The van der Waals surface area contributed by atoms with Crippen LogP contribution in [-0.4, -0.2) is 15.0 Å². The second-order valence-electron chi connectivity index (χ2n) is 4.31. The number of nitrogens with one attached hydrogen (secondary N) is 1. The molecule has 0 aliphatic carbocycles. The molecule has 1 N–H and O–H groups in total. The first-order valence-corrected chi connectivity index (χ1v) is 6.65. The van der Waals surface area contributed by atoms with Crippen molar-refractivity contribution in [2.45, 2.75) is 6.54 Å². The molecule has 0 aliphatic rings. The molecule has 3 aromatic rings. The lowest BCUT2D eigenvalue weighted by Gasteiger charge is -2.12. The SMILES string of the molecule is Clc1ccccc1CNc1ccccc1-n1ccnn1. The minimum Gasteiger partial charge on any atom is -0.379 e. The first kappa shape index (κ1) is 12.7. The molecule has 2 aromatic carbocycles. The lowest BCUT2D eigenvalue weighted by atomic mass is 10.2. The molecule has 0 bridgehead atoms. The number of hydrogen-bond acceptors (Lipinski definition) is 3. The van der Waals surface area contributed by atoms with E-state index >= 15 is 0 Å². The molecule has 4 nitrogen and oxygen atoms in total. The third-order valence-corrected chi connectivity index (χ3v) is 3.37. The maximum absolute atomic E-state index is 6.16. The van der Waals surface area contributed by atoms with Crippen molar-refractivity contribution >= 4 is 17.3 Å². The standard InChI is InChI=1S/C15H13ClN4/c16-13-6-2-1-5-12(13)11-17-14-7-3-4-8-15(14)20-10-9-18-19-20/h1-10,17H,11H2. The summed E-state index contributed by atoms with van der Waals surface area (Å²) in [5.41, 5.74) is 3.00. The molecule has 3 rings (SSSR count). The Morgan fingerprint density at radius 1 is 1.05 bits per heavy atom. The molecule has 5 heteroatoms. The Balaban J connectivity index is 1.84. The molecule has 0 saturated carbocycles. The monoisotopic (exact) mass is 284 g/mol. The van der Waals surface area contributed by atoms with Crippen molar-refractivity contribution in [3.8, 4) is 5.69 Å². The van der Waals surface area contributed by atoms with Gasteiger partial charge >= 0.3 is 0 Å². The molecule has 0 amide bonds. The van der Waals surface area contributed by atoms with Crippen molar-refractivity contribution in [2.24, 2.45) is 0 Å². The molecule has 0 unspecified atom stereocenters. The molecule has 0 fully saturated rings. The van der Waals surface area contributed by atoms with Gasteiger partial charge in [0.05, 0.1) is 23.8 Å². The number of nitrogens with zero attached hydrogens (tertiary/aromatic N) is 3. The van der Waals surface area contributed by atoms with Gasteiger partial charge < -0.3 is 5.32 Å². The minimum atomic E-state index is 0.658. The highest BCUT2D eigenvalue weighted by Gasteiger charge is 2.05. The third kappa shape index (κ3) is 2.65. The summed E-state index contributed by atoms with van der Waals surface area (Å²) >= 11 is 6.16. The molecule has 0 aliphatic heterocycles. The van der Waals surface area contributed by atoms with E-state index in [0.717, 1.165) is 22.0 Å². The van der Waals surface area contributed by atoms with Gasteiger partial charge in [0.25, 0.3) is 0 Å². The quantitative estimate of drug-likeness (QED) is 0.797. The van der Waals surface area contributed by atoms with Crippen molar-refractivity contribution in [1.29, 1.82) is 0 Å². The van der Waals surface area contributed by atoms with Crippen LogP contribution in [0.3, 0.4) is 0 Å².